The van der Waals surface area contributed by atoms with Crippen LogP contribution in [0.15, 0.2) is 36.5 Å². The molecule has 0 aliphatic rings. The molecule has 0 aromatic heterocycles. The van der Waals surface area contributed by atoms with E-state index in [2.05, 4.69) is 0 Å². The molecule has 2 unspecified atom stereocenters. The third kappa shape index (κ3) is 9.14. The third-order valence-corrected chi connectivity index (χ3v) is 1.11. The van der Waals surface area contributed by atoms with Gasteiger partial charge in [0.05, 0.1) is 12.2 Å². The van der Waals surface area contributed by atoms with Crippen LogP contribution in [0.4, 0.5) is 0 Å². The fourth-order valence-corrected chi connectivity index (χ4v) is 0.578. The Bertz CT molecular complexity index is 156. The van der Waals surface area contributed by atoms with E-state index in [0.717, 1.165) is 0 Å². The Morgan fingerprint density at radius 2 is 1.08 bits per heavy atom. The van der Waals surface area contributed by atoms with Crippen LogP contribution in [0.1, 0.15) is 13.8 Å². The molecule has 0 aliphatic carbocycles. The first kappa shape index (κ1) is 11.1. The minimum absolute atomic E-state index is 0.407. The summed E-state index contributed by atoms with van der Waals surface area (Å²) in [7, 11) is 0. The van der Waals surface area contributed by atoms with Gasteiger partial charge in [0, 0.05) is 0 Å². The number of hydrogen-bond acceptors (Lipinski definition) is 2. The summed E-state index contributed by atoms with van der Waals surface area (Å²) in [6.07, 6.45) is 9.65. The highest BCUT2D eigenvalue weighted by atomic mass is 16.3. The molecule has 0 aromatic rings. The highest BCUT2D eigenvalue weighted by Crippen LogP contribution is 1.87. The Kier molecular flexibility index (Phi) is 6.34. The fourth-order valence-electron chi connectivity index (χ4n) is 0.578. The van der Waals surface area contributed by atoms with Crippen molar-refractivity contribution in [2.75, 3.05) is 0 Å². The van der Waals surface area contributed by atoms with Gasteiger partial charge in [-0.1, -0.05) is 36.5 Å². The lowest BCUT2D eigenvalue weighted by atomic mass is 10.3. The average Bonchev–Trinajstić information content (AvgIpc) is 1.95. The molecule has 0 spiro atoms. The van der Waals surface area contributed by atoms with Gasteiger partial charge in [0.25, 0.3) is 0 Å². The molecule has 0 rings (SSSR count). The van der Waals surface area contributed by atoms with Gasteiger partial charge >= 0.3 is 0 Å². The SMILES string of the molecule is CC(O)/C=C/C=C/C=C/C(C)O. The second-order valence-corrected chi connectivity index (χ2v) is 2.64. The monoisotopic (exact) mass is 168 g/mol. The van der Waals surface area contributed by atoms with Crippen molar-refractivity contribution in [3.05, 3.63) is 36.5 Å². The highest BCUT2D eigenvalue weighted by molar-refractivity contribution is 5.12. The van der Waals surface area contributed by atoms with Crippen LogP contribution in [-0.4, -0.2) is 22.4 Å². The van der Waals surface area contributed by atoms with Crippen molar-refractivity contribution in [2.24, 2.45) is 0 Å². The molecule has 0 aromatic carbocycles. The fraction of sp³-hybridized carbons (Fsp3) is 0.400. The topological polar surface area (TPSA) is 40.5 Å². The summed E-state index contributed by atoms with van der Waals surface area (Å²) in [6, 6.07) is 0. The van der Waals surface area contributed by atoms with Gasteiger partial charge < -0.3 is 10.2 Å². The third-order valence-electron chi connectivity index (χ3n) is 1.11. The van der Waals surface area contributed by atoms with E-state index in [9.17, 15) is 0 Å². The molecule has 0 saturated carbocycles. The first-order valence-corrected chi connectivity index (χ1v) is 4.00. The number of hydrogen-bond donors (Lipinski definition) is 2. The van der Waals surface area contributed by atoms with E-state index in [1.54, 1.807) is 50.3 Å². The lowest BCUT2D eigenvalue weighted by molar-refractivity contribution is 0.243. The van der Waals surface area contributed by atoms with Crippen LogP contribution >= 0.6 is 0 Å². The van der Waals surface area contributed by atoms with Crippen molar-refractivity contribution in [1.82, 2.24) is 0 Å². The van der Waals surface area contributed by atoms with Crippen LogP contribution in [0.5, 0.6) is 0 Å². The van der Waals surface area contributed by atoms with E-state index >= 15 is 0 Å². The Morgan fingerprint density at radius 3 is 1.33 bits per heavy atom. The second-order valence-electron chi connectivity index (χ2n) is 2.64. The first-order chi connectivity index (χ1) is 5.63. The quantitative estimate of drug-likeness (QED) is 0.623. The van der Waals surface area contributed by atoms with Crippen LogP contribution in [0, 0.1) is 0 Å². The number of aliphatic hydroxyl groups is 2. The molecule has 0 bridgehead atoms. The Morgan fingerprint density at radius 1 is 0.750 bits per heavy atom. The van der Waals surface area contributed by atoms with E-state index in [4.69, 9.17) is 10.2 Å². The van der Waals surface area contributed by atoms with Gasteiger partial charge in [-0.15, -0.1) is 0 Å². The minimum Gasteiger partial charge on any atom is -0.389 e. The van der Waals surface area contributed by atoms with Crippen molar-refractivity contribution in [2.45, 2.75) is 26.1 Å². The summed E-state index contributed by atoms with van der Waals surface area (Å²) >= 11 is 0. The summed E-state index contributed by atoms with van der Waals surface area (Å²) in [5.74, 6) is 0. The molecular formula is C10H16O2. The Labute approximate surface area is 73.5 Å². The van der Waals surface area contributed by atoms with Crippen molar-refractivity contribution >= 4 is 0 Å². The van der Waals surface area contributed by atoms with Crippen molar-refractivity contribution in [3.8, 4) is 0 Å². The number of rotatable bonds is 4. The molecule has 0 amide bonds. The maximum absolute atomic E-state index is 8.82. The van der Waals surface area contributed by atoms with Crippen LogP contribution in [0.2, 0.25) is 0 Å². The average molecular weight is 168 g/mol. The lowest BCUT2D eigenvalue weighted by Gasteiger charge is -1.89. The zero-order chi connectivity index (χ0) is 9.40. The Hall–Kier alpha value is -0.860. The molecule has 68 valence electrons. The molecule has 0 heterocycles. The van der Waals surface area contributed by atoms with Gasteiger partial charge in [-0.25, -0.2) is 0 Å². The maximum Gasteiger partial charge on any atom is 0.0695 e. The van der Waals surface area contributed by atoms with Gasteiger partial charge in [0.2, 0.25) is 0 Å². The van der Waals surface area contributed by atoms with Crippen molar-refractivity contribution in [1.29, 1.82) is 0 Å². The predicted octanol–water partition coefficient (Wildman–Crippen LogP) is 1.42. The van der Waals surface area contributed by atoms with Crippen LogP contribution < -0.4 is 0 Å². The normalized spacial score (nSPS) is 18.0. The first-order valence-electron chi connectivity index (χ1n) is 4.00. The molecule has 2 N–H and O–H groups in total. The summed E-state index contributed by atoms with van der Waals surface area (Å²) in [6.45, 7) is 3.38. The zero-order valence-electron chi connectivity index (χ0n) is 7.51. The van der Waals surface area contributed by atoms with Crippen LogP contribution in [-0.2, 0) is 0 Å². The van der Waals surface area contributed by atoms with Gasteiger partial charge in [-0.3, -0.25) is 0 Å². The van der Waals surface area contributed by atoms with Gasteiger partial charge in [-0.2, -0.15) is 0 Å². The van der Waals surface area contributed by atoms with Crippen molar-refractivity contribution in [3.63, 3.8) is 0 Å². The predicted molar refractivity (Wildman–Crippen MR) is 50.8 cm³/mol. The minimum atomic E-state index is -0.407. The smallest absolute Gasteiger partial charge is 0.0695 e. The molecule has 2 nitrogen and oxygen atoms in total. The molecule has 0 aliphatic heterocycles. The second kappa shape index (κ2) is 6.83. The largest absolute Gasteiger partial charge is 0.389 e. The number of allylic oxidation sites excluding steroid dienone is 4. The van der Waals surface area contributed by atoms with E-state index in [1.165, 1.54) is 0 Å². The molecule has 0 fully saturated rings. The molecule has 0 radical (unpaired) electrons. The zero-order valence-corrected chi connectivity index (χ0v) is 7.51. The summed E-state index contributed by atoms with van der Waals surface area (Å²) in [5.41, 5.74) is 0. The Balaban J connectivity index is 3.63. The van der Waals surface area contributed by atoms with Crippen molar-refractivity contribution < 1.29 is 10.2 Å². The number of aliphatic hydroxyl groups excluding tert-OH is 2. The van der Waals surface area contributed by atoms with Crippen LogP contribution in [0.25, 0.3) is 0 Å². The van der Waals surface area contributed by atoms with Gasteiger partial charge in [0.15, 0.2) is 0 Å². The van der Waals surface area contributed by atoms with E-state index in [1.807, 2.05) is 0 Å². The molecule has 2 heteroatoms. The highest BCUT2D eigenvalue weighted by Gasteiger charge is 1.81. The molecule has 12 heavy (non-hydrogen) atoms. The summed E-state index contributed by atoms with van der Waals surface area (Å²) < 4.78 is 0. The van der Waals surface area contributed by atoms with E-state index in [-0.39, 0.29) is 0 Å². The summed E-state index contributed by atoms with van der Waals surface area (Å²) in [5, 5.41) is 17.6. The molecule has 2 atom stereocenters. The van der Waals surface area contributed by atoms with Gasteiger partial charge in [-0.05, 0) is 13.8 Å². The molecular weight excluding hydrogens is 152 g/mol. The molecule has 0 saturated heterocycles. The van der Waals surface area contributed by atoms with Gasteiger partial charge in [0.1, 0.15) is 0 Å². The van der Waals surface area contributed by atoms with Crippen LogP contribution in [0.3, 0.4) is 0 Å². The van der Waals surface area contributed by atoms with E-state index in [0.29, 0.717) is 0 Å². The standard InChI is InChI=1S/C10H16O2/c1-9(11)7-5-3-4-6-8-10(2)12/h3-12H,1-2H3/b4-3+,7-5+,8-6+. The summed E-state index contributed by atoms with van der Waals surface area (Å²) in [4.78, 5) is 0. The lowest BCUT2D eigenvalue weighted by Crippen LogP contribution is -1.90. The maximum atomic E-state index is 8.82. The van der Waals surface area contributed by atoms with E-state index < -0.39 is 12.2 Å².